The first-order chi connectivity index (χ1) is 8.70. The number of anilines is 2. The number of carbonyl (C=O) groups is 2. The SMILES string of the molecule is CC(Br)C(=O)Nc1cccc(NC(=O)C(C)(C)C)c1. The molecule has 2 N–H and O–H groups in total. The number of alkyl halides is 1. The molecular weight excluding hydrogens is 308 g/mol. The summed E-state index contributed by atoms with van der Waals surface area (Å²) >= 11 is 3.20. The molecule has 0 spiro atoms. The van der Waals surface area contributed by atoms with E-state index in [4.69, 9.17) is 0 Å². The van der Waals surface area contributed by atoms with E-state index in [-0.39, 0.29) is 16.6 Å². The van der Waals surface area contributed by atoms with Crippen LogP contribution in [0.15, 0.2) is 24.3 Å². The topological polar surface area (TPSA) is 58.2 Å². The van der Waals surface area contributed by atoms with Crippen molar-refractivity contribution >= 4 is 39.1 Å². The Bertz CT molecular complexity index is 479. The summed E-state index contributed by atoms with van der Waals surface area (Å²) in [5.74, 6) is -0.191. The first kappa shape index (κ1) is 15.7. The van der Waals surface area contributed by atoms with Crippen LogP contribution in [0.25, 0.3) is 0 Å². The van der Waals surface area contributed by atoms with Crippen LogP contribution in [0.5, 0.6) is 0 Å². The van der Waals surface area contributed by atoms with Crippen molar-refractivity contribution in [3.63, 3.8) is 0 Å². The highest BCUT2D eigenvalue weighted by Crippen LogP contribution is 2.20. The molecule has 1 aromatic rings. The second-order valence-electron chi connectivity index (χ2n) is 5.39. The van der Waals surface area contributed by atoms with Crippen LogP contribution < -0.4 is 10.6 Å². The second-order valence-corrected chi connectivity index (χ2v) is 6.76. The molecule has 104 valence electrons. The van der Waals surface area contributed by atoms with Gasteiger partial charge in [0.15, 0.2) is 0 Å². The maximum atomic E-state index is 11.9. The van der Waals surface area contributed by atoms with E-state index in [1.165, 1.54) is 0 Å². The largest absolute Gasteiger partial charge is 0.326 e. The fraction of sp³-hybridized carbons (Fsp3) is 0.429. The Morgan fingerprint density at radius 2 is 1.68 bits per heavy atom. The Labute approximate surface area is 122 Å². The van der Waals surface area contributed by atoms with Gasteiger partial charge in [0.25, 0.3) is 0 Å². The number of hydrogen-bond donors (Lipinski definition) is 2. The molecule has 0 saturated heterocycles. The van der Waals surface area contributed by atoms with Crippen molar-refractivity contribution in [2.75, 3.05) is 10.6 Å². The van der Waals surface area contributed by atoms with Gasteiger partial charge < -0.3 is 10.6 Å². The van der Waals surface area contributed by atoms with Crippen molar-refractivity contribution in [3.05, 3.63) is 24.3 Å². The van der Waals surface area contributed by atoms with Crippen molar-refractivity contribution in [2.45, 2.75) is 32.5 Å². The standard InChI is InChI=1S/C14H19BrN2O2/c1-9(15)12(18)16-10-6-5-7-11(8-10)17-13(19)14(2,3)4/h5-9H,1-4H3,(H,16,18)(H,17,19). The van der Waals surface area contributed by atoms with Crippen LogP contribution in [-0.2, 0) is 9.59 Å². The number of rotatable bonds is 3. The molecule has 0 aliphatic rings. The Hall–Kier alpha value is -1.36. The van der Waals surface area contributed by atoms with Gasteiger partial charge in [-0.1, -0.05) is 42.8 Å². The lowest BCUT2D eigenvalue weighted by Crippen LogP contribution is -2.27. The second kappa shape index (κ2) is 6.19. The fourth-order valence-electron chi connectivity index (χ4n) is 1.24. The molecule has 1 rings (SSSR count). The summed E-state index contributed by atoms with van der Waals surface area (Å²) < 4.78 is 0. The van der Waals surface area contributed by atoms with Gasteiger partial charge in [0.2, 0.25) is 11.8 Å². The summed E-state index contributed by atoms with van der Waals surface area (Å²) in [6, 6.07) is 7.08. The third kappa shape index (κ3) is 5.03. The Morgan fingerprint density at radius 3 is 2.16 bits per heavy atom. The zero-order valence-corrected chi connectivity index (χ0v) is 13.2. The number of nitrogens with one attached hydrogen (secondary N) is 2. The fourth-order valence-corrected chi connectivity index (χ4v) is 1.35. The van der Waals surface area contributed by atoms with Gasteiger partial charge in [0, 0.05) is 16.8 Å². The summed E-state index contributed by atoms with van der Waals surface area (Å²) in [7, 11) is 0. The van der Waals surface area contributed by atoms with E-state index in [1.54, 1.807) is 31.2 Å². The van der Waals surface area contributed by atoms with Crippen LogP contribution in [0.3, 0.4) is 0 Å². The number of amides is 2. The van der Waals surface area contributed by atoms with Crippen LogP contribution in [0.2, 0.25) is 0 Å². The number of hydrogen-bond acceptors (Lipinski definition) is 2. The quantitative estimate of drug-likeness (QED) is 0.836. The lowest BCUT2D eigenvalue weighted by Gasteiger charge is -2.18. The summed E-state index contributed by atoms with van der Waals surface area (Å²) in [6.07, 6.45) is 0. The predicted octanol–water partition coefficient (Wildman–Crippen LogP) is 3.39. The molecule has 4 nitrogen and oxygen atoms in total. The predicted molar refractivity (Wildman–Crippen MR) is 81.5 cm³/mol. The van der Waals surface area contributed by atoms with Crippen molar-refractivity contribution in [1.29, 1.82) is 0 Å². The zero-order chi connectivity index (χ0) is 14.6. The molecule has 1 atom stereocenters. The molecule has 0 aliphatic heterocycles. The molecule has 5 heteroatoms. The molecule has 19 heavy (non-hydrogen) atoms. The Kier molecular flexibility index (Phi) is 5.11. The van der Waals surface area contributed by atoms with Gasteiger partial charge in [-0.3, -0.25) is 9.59 Å². The van der Waals surface area contributed by atoms with Gasteiger partial charge >= 0.3 is 0 Å². The summed E-state index contributed by atoms with van der Waals surface area (Å²) in [5, 5.41) is 5.58. The lowest BCUT2D eigenvalue weighted by molar-refractivity contribution is -0.123. The molecule has 0 fully saturated rings. The molecular formula is C14H19BrN2O2. The van der Waals surface area contributed by atoms with Crippen LogP contribution in [0.4, 0.5) is 11.4 Å². The van der Waals surface area contributed by atoms with Gasteiger partial charge in [-0.15, -0.1) is 0 Å². The first-order valence-corrected chi connectivity index (χ1v) is 6.98. The van der Waals surface area contributed by atoms with E-state index in [0.717, 1.165) is 0 Å². The molecule has 0 aliphatic carbocycles. The van der Waals surface area contributed by atoms with E-state index in [1.807, 2.05) is 20.8 Å². The van der Waals surface area contributed by atoms with E-state index >= 15 is 0 Å². The monoisotopic (exact) mass is 326 g/mol. The number of halogens is 1. The van der Waals surface area contributed by atoms with Gasteiger partial charge in [-0.25, -0.2) is 0 Å². The van der Waals surface area contributed by atoms with Gasteiger partial charge in [0.1, 0.15) is 0 Å². The van der Waals surface area contributed by atoms with Crippen molar-refractivity contribution < 1.29 is 9.59 Å². The van der Waals surface area contributed by atoms with E-state index in [0.29, 0.717) is 11.4 Å². The van der Waals surface area contributed by atoms with Crippen LogP contribution in [-0.4, -0.2) is 16.6 Å². The van der Waals surface area contributed by atoms with Gasteiger partial charge in [-0.2, -0.15) is 0 Å². The third-order valence-corrected chi connectivity index (χ3v) is 2.85. The van der Waals surface area contributed by atoms with Crippen LogP contribution in [0.1, 0.15) is 27.7 Å². The van der Waals surface area contributed by atoms with Gasteiger partial charge in [0.05, 0.1) is 4.83 Å². The van der Waals surface area contributed by atoms with Crippen LogP contribution in [0, 0.1) is 5.41 Å². The molecule has 1 unspecified atom stereocenters. The van der Waals surface area contributed by atoms with Crippen molar-refractivity contribution in [1.82, 2.24) is 0 Å². The number of benzene rings is 1. The average Bonchev–Trinajstić information content (AvgIpc) is 2.27. The summed E-state index contributed by atoms with van der Waals surface area (Å²) in [4.78, 5) is 23.2. The first-order valence-electron chi connectivity index (χ1n) is 6.06. The Morgan fingerprint density at radius 1 is 1.16 bits per heavy atom. The minimum atomic E-state index is -0.455. The average molecular weight is 327 g/mol. The molecule has 2 amide bonds. The molecule has 0 heterocycles. The third-order valence-electron chi connectivity index (χ3n) is 2.43. The minimum Gasteiger partial charge on any atom is -0.326 e. The normalized spacial score (nSPS) is 12.7. The van der Waals surface area contributed by atoms with Crippen molar-refractivity contribution in [3.8, 4) is 0 Å². The van der Waals surface area contributed by atoms with Crippen LogP contribution >= 0.6 is 15.9 Å². The molecule has 1 aromatic carbocycles. The molecule has 0 bridgehead atoms. The number of carbonyl (C=O) groups excluding carboxylic acids is 2. The van der Waals surface area contributed by atoms with E-state index < -0.39 is 5.41 Å². The highest BCUT2D eigenvalue weighted by molar-refractivity contribution is 9.10. The lowest BCUT2D eigenvalue weighted by atomic mass is 9.95. The molecule has 0 aromatic heterocycles. The Balaban J connectivity index is 2.78. The van der Waals surface area contributed by atoms with E-state index in [9.17, 15) is 9.59 Å². The smallest absolute Gasteiger partial charge is 0.237 e. The zero-order valence-electron chi connectivity index (χ0n) is 11.6. The summed E-state index contributed by atoms with van der Waals surface area (Å²) in [6.45, 7) is 7.29. The highest BCUT2D eigenvalue weighted by Gasteiger charge is 2.21. The maximum Gasteiger partial charge on any atom is 0.237 e. The van der Waals surface area contributed by atoms with Gasteiger partial charge in [-0.05, 0) is 25.1 Å². The van der Waals surface area contributed by atoms with Crippen molar-refractivity contribution in [2.24, 2.45) is 5.41 Å². The highest BCUT2D eigenvalue weighted by atomic mass is 79.9. The van der Waals surface area contributed by atoms with E-state index in [2.05, 4.69) is 26.6 Å². The molecule has 0 radical (unpaired) electrons. The molecule has 0 saturated carbocycles. The minimum absolute atomic E-state index is 0.0650. The summed E-state index contributed by atoms with van der Waals surface area (Å²) in [5.41, 5.74) is 0.867. The maximum absolute atomic E-state index is 11.9.